The third-order valence-corrected chi connectivity index (χ3v) is 6.36. The number of hydrogen-bond donors (Lipinski definition) is 1. The molecule has 34 heavy (non-hydrogen) atoms. The molecule has 0 aliphatic carbocycles. The number of methoxy groups -OCH3 is 1. The Kier molecular flexibility index (Phi) is 7.88. The number of morpholine rings is 1. The van der Waals surface area contributed by atoms with Crippen LogP contribution in [0.15, 0.2) is 54.7 Å². The lowest BCUT2D eigenvalue weighted by Crippen LogP contribution is -2.43. The number of benzene rings is 2. The normalized spacial score (nSPS) is 15.3. The Bertz CT molecular complexity index is 1090. The molecule has 1 amide bonds. The van der Waals surface area contributed by atoms with E-state index in [1.807, 2.05) is 41.1 Å². The maximum Gasteiger partial charge on any atom is 0.254 e. The molecular formula is C26H31ClN4O3. The number of halogens is 1. The van der Waals surface area contributed by atoms with Crippen LogP contribution in [0.2, 0.25) is 5.02 Å². The van der Waals surface area contributed by atoms with E-state index in [1.54, 1.807) is 13.3 Å². The minimum absolute atomic E-state index is 0.0348. The number of carbonyl (C=O) groups excluding carboxylic acids is 1. The first-order valence-electron chi connectivity index (χ1n) is 11.6. The molecule has 4 rings (SSSR count). The van der Waals surface area contributed by atoms with Gasteiger partial charge in [-0.1, -0.05) is 37.6 Å². The largest absolute Gasteiger partial charge is 0.497 e. The van der Waals surface area contributed by atoms with Crippen LogP contribution >= 0.6 is 11.6 Å². The molecule has 0 bridgehead atoms. The van der Waals surface area contributed by atoms with E-state index in [9.17, 15) is 4.79 Å². The Hall–Kier alpha value is -2.87. The van der Waals surface area contributed by atoms with Crippen LogP contribution in [0.4, 0.5) is 0 Å². The highest BCUT2D eigenvalue weighted by Gasteiger charge is 2.26. The maximum atomic E-state index is 13.3. The number of carbonyl (C=O) groups is 1. The first kappa shape index (κ1) is 24.3. The van der Waals surface area contributed by atoms with E-state index < -0.39 is 0 Å². The molecule has 0 saturated carbocycles. The smallest absolute Gasteiger partial charge is 0.254 e. The summed E-state index contributed by atoms with van der Waals surface area (Å²) >= 11 is 6.05. The lowest BCUT2D eigenvalue weighted by atomic mass is 10.0. The molecule has 1 aliphatic heterocycles. The van der Waals surface area contributed by atoms with Crippen molar-refractivity contribution in [1.82, 2.24) is 20.0 Å². The summed E-state index contributed by atoms with van der Waals surface area (Å²) in [5.74, 6) is 0.788. The van der Waals surface area contributed by atoms with Crippen molar-refractivity contribution in [3.8, 4) is 11.4 Å². The second kappa shape index (κ2) is 11.0. The molecule has 1 aromatic heterocycles. The van der Waals surface area contributed by atoms with Crippen LogP contribution in [0.3, 0.4) is 0 Å². The highest BCUT2D eigenvalue weighted by molar-refractivity contribution is 6.30. The van der Waals surface area contributed by atoms with Gasteiger partial charge in [-0.15, -0.1) is 0 Å². The van der Waals surface area contributed by atoms with E-state index >= 15 is 0 Å². The quantitative estimate of drug-likeness (QED) is 0.513. The van der Waals surface area contributed by atoms with Gasteiger partial charge in [-0.3, -0.25) is 9.69 Å². The van der Waals surface area contributed by atoms with E-state index in [1.165, 1.54) is 0 Å². The summed E-state index contributed by atoms with van der Waals surface area (Å²) in [6.07, 6.45) is 1.65. The van der Waals surface area contributed by atoms with Gasteiger partial charge in [0.25, 0.3) is 5.91 Å². The molecule has 7 nitrogen and oxygen atoms in total. The fraction of sp³-hybridized carbons (Fsp3) is 0.385. The highest BCUT2D eigenvalue weighted by Crippen LogP contribution is 2.26. The lowest BCUT2D eigenvalue weighted by molar-refractivity contribution is 0.0162. The minimum Gasteiger partial charge on any atom is -0.497 e. The Morgan fingerprint density at radius 2 is 1.79 bits per heavy atom. The van der Waals surface area contributed by atoms with Gasteiger partial charge in [-0.2, -0.15) is 5.10 Å². The predicted molar refractivity (Wildman–Crippen MR) is 133 cm³/mol. The van der Waals surface area contributed by atoms with Gasteiger partial charge in [0.1, 0.15) is 5.75 Å². The molecule has 0 radical (unpaired) electrons. The second-order valence-electron chi connectivity index (χ2n) is 8.63. The van der Waals surface area contributed by atoms with Crippen molar-refractivity contribution in [3.05, 3.63) is 76.6 Å². The SMILES string of the molecule is COc1ccc(C(CNC(=O)c2cnn(-c3ccc(Cl)cc3)c2C(C)C)N2CCOCC2)cc1. The summed E-state index contributed by atoms with van der Waals surface area (Å²) in [6.45, 7) is 7.62. The third-order valence-electron chi connectivity index (χ3n) is 6.11. The number of rotatable bonds is 8. The molecule has 1 atom stereocenters. The van der Waals surface area contributed by atoms with Crippen molar-refractivity contribution in [3.63, 3.8) is 0 Å². The second-order valence-corrected chi connectivity index (χ2v) is 9.07. The predicted octanol–water partition coefficient (Wildman–Crippen LogP) is 4.46. The fourth-order valence-corrected chi connectivity index (χ4v) is 4.46. The number of hydrogen-bond acceptors (Lipinski definition) is 5. The van der Waals surface area contributed by atoms with Gasteiger partial charge >= 0.3 is 0 Å². The first-order valence-corrected chi connectivity index (χ1v) is 11.9. The summed E-state index contributed by atoms with van der Waals surface area (Å²) in [7, 11) is 1.66. The van der Waals surface area contributed by atoms with Gasteiger partial charge in [0.2, 0.25) is 0 Å². The van der Waals surface area contributed by atoms with Gasteiger partial charge in [0, 0.05) is 24.7 Å². The summed E-state index contributed by atoms with van der Waals surface area (Å²) < 4.78 is 12.7. The number of nitrogens with zero attached hydrogens (tertiary/aromatic N) is 3. The summed E-state index contributed by atoms with van der Waals surface area (Å²) in [5.41, 5.74) is 3.45. The first-order chi connectivity index (χ1) is 16.5. The Labute approximate surface area is 205 Å². The molecule has 1 saturated heterocycles. The molecule has 1 fully saturated rings. The number of ether oxygens (including phenoxy) is 2. The highest BCUT2D eigenvalue weighted by atomic mass is 35.5. The van der Waals surface area contributed by atoms with E-state index in [0.717, 1.165) is 35.8 Å². The maximum absolute atomic E-state index is 13.3. The van der Waals surface area contributed by atoms with Crippen LogP contribution in [0.5, 0.6) is 5.75 Å². The van der Waals surface area contributed by atoms with Gasteiger partial charge in [0.05, 0.1) is 49.5 Å². The Morgan fingerprint density at radius 3 is 2.41 bits per heavy atom. The zero-order valence-electron chi connectivity index (χ0n) is 19.8. The van der Waals surface area contributed by atoms with Crippen molar-refractivity contribution < 1.29 is 14.3 Å². The van der Waals surface area contributed by atoms with Gasteiger partial charge < -0.3 is 14.8 Å². The van der Waals surface area contributed by atoms with Crippen molar-refractivity contribution in [1.29, 1.82) is 0 Å². The molecule has 1 N–H and O–H groups in total. The van der Waals surface area contributed by atoms with E-state index in [0.29, 0.717) is 30.3 Å². The summed E-state index contributed by atoms with van der Waals surface area (Å²) in [6, 6.07) is 15.5. The Balaban J connectivity index is 1.55. The zero-order valence-corrected chi connectivity index (χ0v) is 20.6. The molecule has 8 heteroatoms. The molecule has 0 spiro atoms. The standard InChI is InChI=1S/C26H31ClN4O3/c1-18(2)25-23(16-29-31(25)21-8-6-20(27)7-9-21)26(32)28-17-24(30-12-14-34-15-13-30)19-4-10-22(33-3)11-5-19/h4-11,16,18,24H,12-15,17H2,1-3H3,(H,28,32). The van der Waals surface area contributed by atoms with Crippen LogP contribution in [0.1, 0.15) is 47.4 Å². The van der Waals surface area contributed by atoms with Crippen molar-refractivity contribution >= 4 is 17.5 Å². The number of aromatic nitrogens is 2. The average Bonchev–Trinajstić information content (AvgIpc) is 3.31. The average molecular weight is 483 g/mol. The molecule has 1 aliphatic rings. The molecular weight excluding hydrogens is 452 g/mol. The monoisotopic (exact) mass is 482 g/mol. The van der Waals surface area contributed by atoms with Crippen LogP contribution in [-0.2, 0) is 4.74 Å². The number of nitrogens with one attached hydrogen (secondary N) is 1. The van der Waals surface area contributed by atoms with E-state index in [2.05, 4.69) is 41.3 Å². The van der Waals surface area contributed by atoms with Crippen LogP contribution in [0, 0.1) is 0 Å². The van der Waals surface area contributed by atoms with Crippen molar-refractivity contribution in [2.75, 3.05) is 40.0 Å². The van der Waals surface area contributed by atoms with E-state index in [4.69, 9.17) is 21.1 Å². The van der Waals surface area contributed by atoms with Crippen molar-refractivity contribution in [2.45, 2.75) is 25.8 Å². The molecule has 2 aromatic carbocycles. The van der Waals surface area contributed by atoms with Gasteiger partial charge in [-0.05, 0) is 47.9 Å². The molecule has 1 unspecified atom stereocenters. The third kappa shape index (κ3) is 5.43. The zero-order chi connectivity index (χ0) is 24.1. The Morgan fingerprint density at radius 1 is 1.12 bits per heavy atom. The van der Waals surface area contributed by atoms with Gasteiger partial charge in [-0.25, -0.2) is 4.68 Å². The number of amides is 1. The van der Waals surface area contributed by atoms with Crippen LogP contribution in [0.25, 0.3) is 5.69 Å². The molecule has 2 heterocycles. The summed E-state index contributed by atoms with van der Waals surface area (Å²) in [4.78, 5) is 15.7. The van der Waals surface area contributed by atoms with Crippen LogP contribution in [-0.4, -0.2) is 60.5 Å². The van der Waals surface area contributed by atoms with Crippen molar-refractivity contribution in [2.24, 2.45) is 0 Å². The van der Waals surface area contributed by atoms with Gasteiger partial charge in [0.15, 0.2) is 0 Å². The minimum atomic E-state index is -0.129. The lowest BCUT2D eigenvalue weighted by Gasteiger charge is -2.35. The topological polar surface area (TPSA) is 68.6 Å². The molecule has 180 valence electrons. The summed E-state index contributed by atoms with van der Waals surface area (Å²) in [5, 5.41) is 8.35. The van der Waals surface area contributed by atoms with Crippen LogP contribution < -0.4 is 10.1 Å². The fourth-order valence-electron chi connectivity index (χ4n) is 4.33. The molecule has 3 aromatic rings. The van der Waals surface area contributed by atoms with E-state index in [-0.39, 0.29) is 17.9 Å².